The number of piperidine rings is 1. The number of likely N-dealkylation sites (tertiary alicyclic amines) is 1. The molecule has 0 bridgehead atoms. The fourth-order valence-corrected chi connectivity index (χ4v) is 2.00. The third kappa shape index (κ3) is 6.08. The average molecular weight is 227 g/mol. The Hall–Kier alpha value is -0.610. The van der Waals surface area contributed by atoms with E-state index in [1.54, 1.807) is 0 Å². The van der Waals surface area contributed by atoms with Gasteiger partial charge in [-0.1, -0.05) is 6.42 Å². The average Bonchev–Trinajstić information content (AvgIpc) is 2.25. The zero-order chi connectivity index (χ0) is 11.8. The highest BCUT2D eigenvalue weighted by Crippen LogP contribution is 2.06. The molecule has 1 rings (SSSR count). The fourth-order valence-electron chi connectivity index (χ4n) is 2.00. The molecule has 0 saturated carbocycles. The number of rotatable bonds is 6. The van der Waals surface area contributed by atoms with Crippen LogP contribution in [0.15, 0.2) is 0 Å². The topological polar surface area (TPSA) is 44.4 Å². The zero-order valence-corrected chi connectivity index (χ0v) is 10.6. The standard InChI is InChI=1S/C12H25N3O/c1-11(2)14-12(16)10-13-6-9-15-7-4-3-5-8-15/h11,13H,3-10H2,1-2H3,(H,14,16). The summed E-state index contributed by atoms with van der Waals surface area (Å²) in [5.74, 6) is 0.0913. The molecule has 0 spiro atoms. The molecule has 1 amide bonds. The van der Waals surface area contributed by atoms with Gasteiger partial charge in [-0.05, 0) is 39.8 Å². The molecule has 0 aromatic carbocycles. The maximum atomic E-state index is 11.3. The SMILES string of the molecule is CC(C)NC(=O)CNCCN1CCCCC1. The summed E-state index contributed by atoms with van der Waals surface area (Å²) >= 11 is 0. The van der Waals surface area contributed by atoms with E-state index in [-0.39, 0.29) is 11.9 Å². The smallest absolute Gasteiger partial charge is 0.234 e. The van der Waals surface area contributed by atoms with E-state index in [1.165, 1.54) is 32.4 Å². The third-order valence-corrected chi connectivity index (χ3v) is 2.79. The van der Waals surface area contributed by atoms with Gasteiger partial charge >= 0.3 is 0 Å². The van der Waals surface area contributed by atoms with Crippen LogP contribution in [0, 0.1) is 0 Å². The van der Waals surface area contributed by atoms with E-state index in [4.69, 9.17) is 0 Å². The van der Waals surface area contributed by atoms with E-state index in [0.29, 0.717) is 6.54 Å². The van der Waals surface area contributed by atoms with Crippen molar-refractivity contribution < 1.29 is 4.79 Å². The maximum absolute atomic E-state index is 11.3. The summed E-state index contributed by atoms with van der Waals surface area (Å²) in [6.45, 7) is 8.81. The number of carbonyl (C=O) groups excluding carboxylic acids is 1. The summed E-state index contributed by atoms with van der Waals surface area (Å²) in [6, 6.07) is 0.233. The van der Waals surface area contributed by atoms with Crippen LogP contribution in [-0.2, 0) is 4.79 Å². The molecule has 0 aromatic heterocycles. The van der Waals surface area contributed by atoms with E-state index in [0.717, 1.165) is 13.1 Å². The minimum Gasteiger partial charge on any atom is -0.353 e. The van der Waals surface area contributed by atoms with Crippen LogP contribution in [0.4, 0.5) is 0 Å². The lowest BCUT2D eigenvalue weighted by Gasteiger charge is -2.26. The first-order valence-corrected chi connectivity index (χ1v) is 6.41. The van der Waals surface area contributed by atoms with Gasteiger partial charge < -0.3 is 15.5 Å². The molecule has 94 valence electrons. The predicted molar refractivity (Wildman–Crippen MR) is 66.4 cm³/mol. The first-order valence-electron chi connectivity index (χ1n) is 6.41. The molecule has 0 aliphatic carbocycles. The molecule has 4 heteroatoms. The summed E-state index contributed by atoms with van der Waals surface area (Å²) in [7, 11) is 0. The van der Waals surface area contributed by atoms with Gasteiger partial charge in [-0.2, -0.15) is 0 Å². The van der Waals surface area contributed by atoms with E-state index < -0.39 is 0 Å². The Morgan fingerprint density at radius 1 is 1.25 bits per heavy atom. The Bertz CT molecular complexity index is 200. The molecule has 0 radical (unpaired) electrons. The lowest BCUT2D eigenvalue weighted by molar-refractivity contribution is -0.120. The number of amides is 1. The molecule has 1 saturated heterocycles. The van der Waals surface area contributed by atoms with Crippen molar-refractivity contribution in [3.05, 3.63) is 0 Å². The van der Waals surface area contributed by atoms with Crippen LogP contribution in [0.2, 0.25) is 0 Å². The van der Waals surface area contributed by atoms with Gasteiger partial charge in [-0.25, -0.2) is 0 Å². The van der Waals surface area contributed by atoms with Gasteiger partial charge in [-0.3, -0.25) is 4.79 Å². The van der Waals surface area contributed by atoms with Gasteiger partial charge in [0.2, 0.25) is 5.91 Å². The van der Waals surface area contributed by atoms with Crippen molar-refractivity contribution in [2.24, 2.45) is 0 Å². The second-order valence-electron chi connectivity index (χ2n) is 4.80. The summed E-state index contributed by atoms with van der Waals surface area (Å²) in [5.41, 5.74) is 0. The van der Waals surface area contributed by atoms with Crippen molar-refractivity contribution in [2.45, 2.75) is 39.2 Å². The fraction of sp³-hybridized carbons (Fsp3) is 0.917. The van der Waals surface area contributed by atoms with E-state index in [1.807, 2.05) is 13.8 Å². The molecule has 1 heterocycles. The first-order chi connectivity index (χ1) is 7.68. The lowest BCUT2D eigenvalue weighted by atomic mass is 10.1. The minimum atomic E-state index is 0.0913. The summed E-state index contributed by atoms with van der Waals surface area (Å²) < 4.78 is 0. The van der Waals surface area contributed by atoms with Crippen LogP contribution in [0.25, 0.3) is 0 Å². The van der Waals surface area contributed by atoms with Gasteiger partial charge in [0.15, 0.2) is 0 Å². The van der Waals surface area contributed by atoms with Crippen LogP contribution < -0.4 is 10.6 Å². The van der Waals surface area contributed by atoms with Crippen molar-refractivity contribution in [2.75, 3.05) is 32.7 Å². The Morgan fingerprint density at radius 3 is 2.56 bits per heavy atom. The van der Waals surface area contributed by atoms with Crippen molar-refractivity contribution >= 4 is 5.91 Å². The molecule has 16 heavy (non-hydrogen) atoms. The Labute approximate surface area is 98.8 Å². The highest BCUT2D eigenvalue weighted by molar-refractivity contribution is 5.78. The Morgan fingerprint density at radius 2 is 1.94 bits per heavy atom. The molecule has 0 unspecified atom stereocenters. The molecule has 4 nitrogen and oxygen atoms in total. The zero-order valence-electron chi connectivity index (χ0n) is 10.6. The van der Waals surface area contributed by atoms with E-state index in [2.05, 4.69) is 15.5 Å². The van der Waals surface area contributed by atoms with E-state index in [9.17, 15) is 4.79 Å². The Kier molecular flexibility index (Phi) is 6.42. The molecule has 0 atom stereocenters. The largest absolute Gasteiger partial charge is 0.353 e. The molecular weight excluding hydrogens is 202 g/mol. The van der Waals surface area contributed by atoms with Crippen LogP contribution in [0.3, 0.4) is 0 Å². The van der Waals surface area contributed by atoms with Crippen molar-refractivity contribution in [3.8, 4) is 0 Å². The predicted octanol–water partition coefficient (Wildman–Crippen LogP) is 0.587. The van der Waals surface area contributed by atoms with Crippen molar-refractivity contribution in [1.82, 2.24) is 15.5 Å². The number of carbonyl (C=O) groups is 1. The van der Waals surface area contributed by atoms with Crippen LogP contribution in [-0.4, -0.2) is 49.6 Å². The number of hydrogen-bond donors (Lipinski definition) is 2. The van der Waals surface area contributed by atoms with Gasteiger partial charge in [0.1, 0.15) is 0 Å². The van der Waals surface area contributed by atoms with Gasteiger partial charge in [0.05, 0.1) is 6.54 Å². The number of nitrogens with zero attached hydrogens (tertiary/aromatic N) is 1. The lowest BCUT2D eigenvalue weighted by Crippen LogP contribution is -2.41. The van der Waals surface area contributed by atoms with Crippen LogP contribution in [0.5, 0.6) is 0 Å². The molecule has 1 aliphatic rings. The molecular formula is C12H25N3O. The monoisotopic (exact) mass is 227 g/mol. The normalized spacial score (nSPS) is 17.7. The summed E-state index contributed by atoms with van der Waals surface area (Å²) in [6.07, 6.45) is 4.03. The number of nitrogens with one attached hydrogen (secondary N) is 2. The highest BCUT2D eigenvalue weighted by atomic mass is 16.1. The van der Waals surface area contributed by atoms with Gasteiger partial charge in [0, 0.05) is 19.1 Å². The first kappa shape index (κ1) is 13.5. The summed E-state index contributed by atoms with van der Waals surface area (Å²) in [5, 5.41) is 6.05. The van der Waals surface area contributed by atoms with Gasteiger partial charge in [-0.15, -0.1) is 0 Å². The van der Waals surface area contributed by atoms with Crippen LogP contribution >= 0.6 is 0 Å². The van der Waals surface area contributed by atoms with E-state index >= 15 is 0 Å². The second-order valence-corrected chi connectivity index (χ2v) is 4.80. The maximum Gasteiger partial charge on any atom is 0.234 e. The van der Waals surface area contributed by atoms with Crippen LogP contribution in [0.1, 0.15) is 33.1 Å². The molecule has 1 aliphatic heterocycles. The summed E-state index contributed by atoms with van der Waals surface area (Å²) in [4.78, 5) is 13.8. The third-order valence-electron chi connectivity index (χ3n) is 2.79. The quantitative estimate of drug-likeness (QED) is 0.653. The second kappa shape index (κ2) is 7.63. The van der Waals surface area contributed by atoms with Crippen molar-refractivity contribution in [1.29, 1.82) is 0 Å². The molecule has 1 fully saturated rings. The molecule has 2 N–H and O–H groups in total. The Balaban J connectivity index is 1.96. The van der Waals surface area contributed by atoms with Crippen molar-refractivity contribution in [3.63, 3.8) is 0 Å². The highest BCUT2D eigenvalue weighted by Gasteiger charge is 2.09. The number of hydrogen-bond acceptors (Lipinski definition) is 3. The molecule has 0 aromatic rings. The minimum absolute atomic E-state index is 0.0913. The van der Waals surface area contributed by atoms with Gasteiger partial charge in [0.25, 0.3) is 0 Å².